The fourth-order valence-electron chi connectivity index (χ4n) is 1.33. The maximum absolute atomic E-state index is 7.79. The van der Waals surface area contributed by atoms with Crippen LogP contribution in [-0.4, -0.2) is 17.8 Å². The fraction of sp³-hybridized carbons (Fsp3) is 0.545. The molecule has 0 atom stereocenters. The van der Waals surface area contributed by atoms with E-state index in [0.29, 0.717) is 12.4 Å². The molecular weight excluding hydrogens is 176 g/mol. The highest BCUT2D eigenvalue weighted by Gasteiger charge is 2.10. The zero-order chi connectivity index (χ0) is 10.7. The van der Waals surface area contributed by atoms with E-state index in [0.717, 1.165) is 11.5 Å². The summed E-state index contributed by atoms with van der Waals surface area (Å²) in [5.74, 6) is 2.73. The number of aryl methyl sites for hydroxylation is 1. The van der Waals surface area contributed by atoms with Crippen LogP contribution in [0.1, 0.15) is 25.4 Å². The van der Waals surface area contributed by atoms with Crippen LogP contribution >= 0.6 is 0 Å². The Morgan fingerprint density at radius 1 is 1.50 bits per heavy atom. The molecule has 1 heterocycles. The first-order chi connectivity index (χ1) is 6.50. The van der Waals surface area contributed by atoms with Crippen LogP contribution in [0.3, 0.4) is 0 Å². The van der Waals surface area contributed by atoms with Crippen LogP contribution in [-0.2, 0) is 6.54 Å². The maximum Gasteiger partial charge on any atom is 0.123 e. The van der Waals surface area contributed by atoms with E-state index in [1.807, 2.05) is 44.9 Å². The molecule has 14 heavy (non-hydrogen) atoms. The molecule has 0 aromatic carbocycles. The third-order valence-electron chi connectivity index (χ3n) is 2.15. The van der Waals surface area contributed by atoms with Gasteiger partial charge < -0.3 is 9.32 Å². The molecule has 1 rings (SSSR count). The SMILES string of the molecule is Cc1ccc(CN(C)C(=N)C(C)C)o1. The van der Waals surface area contributed by atoms with E-state index >= 15 is 0 Å². The van der Waals surface area contributed by atoms with Gasteiger partial charge in [-0.25, -0.2) is 0 Å². The van der Waals surface area contributed by atoms with Crippen molar-refractivity contribution in [3.05, 3.63) is 23.7 Å². The van der Waals surface area contributed by atoms with Crippen molar-refractivity contribution in [2.75, 3.05) is 7.05 Å². The Bertz CT molecular complexity index is 315. The van der Waals surface area contributed by atoms with Gasteiger partial charge in [-0.05, 0) is 19.1 Å². The Balaban J connectivity index is 2.57. The van der Waals surface area contributed by atoms with Crippen LogP contribution in [0.5, 0.6) is 0 Å². The summed E-state index contributed by atoms with van der Waals surface area (Å²) in [6.07, 6.45) is 0. The van der Waals surface area contributed by atoms with Gasteiger partial charge in [0, 0.05) is 13.0 Å². The number of rotatable bonds is 3. The minimum Gasteiger partial charge on any atom is -0.464 e. The van der Waals surface area contributed by atoms with Gasteiger partial charge in [-0.2, -0.15) is 0 Å². The molecule has 0 bridgehead atoms. The first-order valence-electron chi connectivity index (χ1n) is 4.85. The zero-order valence-corrected chi connectivity index (χ0v) is 9.29. The summed E-state index contributed by atoms with van der Waals surface area (Å²) < 4.78 is 5.45. The molecule has 1 N–H and O–H groups in total. The van der Waals surface area contributed by atoms with Crippen LogP contribution in [0, 0.1) is 18.3 Å². The molecule has 3 nitrogen and oxygen atoms in total. The van der Waals surface area contributed by atoms with E-state index in [9.17, 15) is 0 Å². The van der Waals surface area contributed by atoms with Crippen molar-refractivity contribution in [1.29, 1.82) is 5.41 Å². The molecule has 78 valence electrons. The molecule has 0 amide bonds. The van der Waals surface area contributed by atoms with Crippen molar-refractivity contribution in [3.8, 4) is 0 Å². The third-order valence-corrected chi connectivity index (χ3v) is 2.15. The van der Waals surface area contributed by atoms with Crippen LogP contribution in [0.15, 0.2) is 16.5 Å². The molecule has 0 spiro atoms. The lowest BCUT2D eigenvalue weighted by Crippen LogP contribution is -2.29. The minimum atomic E-state index is 0.260. The number of furan rings is 1. The number of hydrogen-bond acceptors (Lipinski definition) is 2. The number of hydrogen-bond donors (Lipinski definition) is 1. The largest absolute Gasteiger partial charge is 0.464 e. The Hall–Kier alpha value is -1.25. The van der Waals surface area contributed by atoms with Crippen molar-refractivity contribution >= 4 is 5.84 Å². The van der Waals surface area contributed by atoms with Gasteiger partial charge >= 0.3 is 0 Å². The lowest BCUT2D eigenvalue weighted by atomic mass is 10.2. The van der Waals surface area contributed by atoms with Crippen molar-refractivity contribution in [3.63, 3.8) is 0 Å². The van der Waals surface area contributed by atoms with E-state index < -0.39 is 0 Å². The van der Waals surface area contributed by atoms with Gasteiger partial charge in [-0.15, -0.1) is 0 Å². The summed E-state index contributed by atoms with van der Waals surface area (Å²) in [5, 5.41) is 7.79. The highest BCUT2D eigenvalue weighted by atomic mass is 16.3. The Morgan fingerprint density at radius 3 is 2.57 bits per heavy atom. The monoisotopic (exact) mass is 194 g/mol. The maximum atomic E-state index is 7.79. The van der Waals surface area contributed by atoms with Gasteiger partial charge in [0.15, 0.2) is 0 Å². The zero-order valence-electron chi connectivity index (χ0n) is 9.29. The van der Waals surface area contributed by atoms with Gasteiger partial charge in [0.05, 0.1) is 12.4 Å². The molecule has 0 aliphatic heterocycles. The molecule has 0 aliphatic rings. The Kier molecular flexibility index (Phi) is 3.33. The van der Waals surface area contributed by atoms with Crippen LogP contribution in [0.4, 0.5) is 0 Å². The molecule has 1 aromatic heterocycles. The van der Waals surface area contributed by atoms with Crippen molar-refractivity contribution < 1.29 is 4.42 Å². The Morgan fingerprint density at radius 2 is 2.14 bits per heavy atom. The fourth-order valence-corrected chi connectivity index (χ4v) is 1.33. The molecule has 0 aliphatic carbocycles. The second-order valence-electron chi connectivity index (χ2n) is 3.91. The molecule has 3 heteroatoms. The predicted molar refractivity (Wildman–Crippen MR) is 57.5 cm³/mol. The van der Waals surface area contributed by atoms with Gasteiger partial charge in [0.1, 0.15) is 11.5 Å². The lowest BCUT2D eigenvalue weighted by molar-refractivity contribution is 0.387. The quantitative estimate of drug-likeness (QED) is 0.593. The molecular formula is C11H18N2O. The average Bonchev–Trinajstić information content (AvgIpc) is 2.49. The van der Waals surface area contributed by atoms with Gasteiger partial charge in [0.25, 0.3) is 0 Å². The molecule has 1 aromatic rings. The van der Waals surface area contributed by atoms with Crippen molar-refractivity contribution in [2.45, 2.75) is 27.3 Å². The standard InChI is InChI=1S/C11H18N2O/c1-8(2)11(12)13(4)7-10-6-5-9(3)14-10/h5-6,8,12H,7H2,1-4H3. The van der Waals surface area contributed by atoms with Crippen LogP contribution < -0.4 is 0 Å². The minimum absolute atomic E-state index is 0.260. The van der Waals surface area contributed by atoms with E-state index in [1.54, 1.807) is 0 Å². The van der Waals surface area contributed by atoms with Gasteiger partial charge in [-0.1, -0.05) is 13.8 Å². The van der Waals surface area contributed by atoms with Gasteiger partial charge in [0.2, 0.25) is 0 Å². The predicted octanol–water partition coefficient (Wildman–Crippen LogP) is 2.65. The van der Waals surface area contributed by atoms with E-state index in [-0.39, 0.29) is 5.92 Å². The number of nitrogens with zero attached hydrogens (tertiary/aromatic N) is 1. The first kappa shape index (κ1) is 10.8. The van der Waals surface area contributed by atoms with E-state index in [1.165, 1.54) is 0 Å². The van der Waals surface area contributed by atoms with Crippen molar-refractivity contribution in [1.82, 2.24) is 4.90 Å². The lowest BCUT2D eigenvalue weighted by Gasteiger charge is -2.21. The summed E-state index contributed by atoms with van der Waals surface area (Å²) in [6, 6.07) is 3.90. The van der Waals surface area contributed by atoms with Crippen molar-refractivity contribution in [2.24, 2.45) is 5.92 Å². The molecule has 0 unspecified atom stereocenters. The molecule has 0 saturated carbocycles. The third kappa shape index (κ3) is 2.62. The second kappa shape index (κ2) is 4.31. The highest BCUT2D eigenvalue weighted by molar-refractivity contribution is 5.80. The molecule has 0 fully saturated rings. The topological polar surface area (TPSA) is 40.2 Å². The molecule has 0 radical (unpaired) electrons. The summed E-state index contributed by atoms with van der Waals surface area (Å²) in [4.78, 5) is 1.91. The first-order valence-corrected chi connectivity index (χ1v) is 4.85. The second-order valence-corrected chi connectivity index (χ2v) is 3.91. The Labute approximate surface area is 85.2 Å². The molecule has 0 saturated heterocycles. The number of amidine groups is 1. The number of nitrogens with one attached hydrogen (secondary N) is 1. The summed E-state index contributed by atoms with van der Waals surface area (Å²) in [6.45, 7) is 6.64. The van der Waals surface area contributed by atoms with Crippen LogP contribution in [0.25, 0.3) is 0 Å². The summed E-state index contributed by atoms with van der Waals surface area (Å²) in [7, 11) is 1.92. The highest BCUT2D eigenvalue weighted by Crippen LogP contribution is 2.10. The smallest absolute Gasteiger partial charge is 0.123 e. The van der Waals surface area contributed by atoms with Crippen LogP contribution in [0.2, 0.25) is 0 Å². The normalized spacial score (nSPS) is 10.6. The van der Waals surface area contributed by atoms with Gasteiger partial charge in [-0.3, -0.25) is 5.41 Å². The average molecular weight is 194 g/mol. The van der Waals surface area contributed by atoms with E-state index in [2.05, 4.69) is 0 Å². The summed E-state index contributed by atoms with van der Waals surface area (Å²) >= 11 is 0. The van der Waals surface area contributed by atoms with E-state index in [4.69, 9.17) is 9.83 Å². The summed E-state index contributed by atoms with van der Waals surface area (Å²) in [5.41, 5.74) is 0.